The number of nitrogens with one attached hydrogen (secondary N) is 1. The van der Waals surface area contributed by atoms with Gasteiger partial charge in [0.25, 0.3) is 0 Å². The third-order valence-electron chi connectivity index (χ3n) is 1.90. The molecule has 17 heavy (non-hydrogen) atoms. The molecule has 0 aromatic heterocycles. The van der Waals surface area contributed by atoms with Crippen LogP contribution in [0.5, 0.6) is 0 Å². The van der Waals surface area contributed by atoms with Crippen molar-refractivity contribution < 1.29 is 8.42 Å². The van der Waals surface area contributed by atoms with Gasteiger partial charge in [-0.25, -0.2) is 8.42 Å². The van der Waals surface area contributed by atoms with E-state index in [1.165, 1.54) is 6.07 Å². The van der Waals surface area contributed by atoms with E-state index in [9.17, 15) is 8.42 Å². The summed E-state index contributed by atoms with van der Waals surface area (Å²) in [5.74, 6) is 0.0198. The van der Waals surface area contributed by atoms with Crippen molar-refractivity contribution in [2.75, 3.05) is 16.2 Å². The highest BCUT2D eigenvalue weighted by atomic mass is 35.5. The minimum atomic E-state index is -3.42. The highest BCUT2D eigenvalue weighted by molar-refractivity contribution is 7.92. The molecule has 96 valence electrons. The third-order valence-corrected chi connectivity index (χ3v) is 3.92. The summed E-state index contributed by atoms with van der Waals surface area (Å²) in [4.78, 5) is 0. The first-order valence-electron chi connectivity index (χ1n) is 5.15. The maximum absolute atomic E-state index is 11.9. The van der Waals surface area contributed by atoms with Crippen molar-refractivity contribution in [1.29, 1.82) is 0 Å². The molecule has 0 amide bonds. The van der Waals surface area contributed by atoms with Crippen LogP contribution < -0.4 is 10.5 Å². The standard InChI is InChI=1S/C11H17ClN2O2S/c1-11(2,3)7-17(15,16)14-10-6-8(12)4-5-9(10)13/h4-6,14H,7,13H2,1-3H3. The van der Waals surface area contributed by atoms with Gasteiger partial charge in [0.1, 0.15) is 0 Å². The van der Waals surface area contributed by atoms with Crippen molar-refractivity contribution >= 4 is 33.0 Å². The molecule has 0 spiro atoms. The molecule has 3 N–H and O–H groups in total. The lowest BCUT2D eigenvalue weighted by molar-refractivity contribution is 0.463. The zero-order valence-electron chi connectivity index (χ0n) is 10.1. The highest BCUT2D eigenvalue weighted by Gasteiger charge is 2.22. The predicted octanol–water partition coefficient (Wildman–Crippen LogP) is 2.71. The van der Waals surface area contributed by atoms with Gasteiger partial charge in [-0.2, -0.15) is 0 Å². The van der Waals surface area contributed by atoms with Crippen molar-refractivity contribution in [3.8, 4) is 0 Å². The number of anilines is 2. The predicted molar refractivity (Wildman–Crippen MR) is 72.7 cm³/mol. The number of benzene rings is 1. The van der Waals surface area contributed by atoms with E-state index in [4.69, 9.17) is 17.3 Å². The fourth-order valence-corrected chi connectivity index (χ4v) is 3.29. The lowest BCUT2D eigenvalue weighted by atomic mass is 10.0. The van der Waals surface area contributed by atoms with Crippen LogP contribution in [0.25, 0.3) is 0 Å². The Labute approximate surface area is 107 Å². The second-order valence-electron chi connectivity index (χ2n) is 5.15. The van der Waals surface area contributed by atoms with E-state index in [0.717, 1.165) is 0 Å². The van der Waals surface area contributed by atoms with E-state index < -0.39 is 10.0 Å². The molecule has 6 heteroatoms. The quantitative estimate of drug-likeness (QED) is 0.834. The maximum atomic E-state index is 11.9. The van der Waals surface area contributed by atoms with Crippen LogP contribution >= 0.6 is 11.6 Å². The number of sulfonamides is 1. The van der Waals surface area contributed by atoms with E-state index in [1.54, 1.807) is 12.1 Å². The number of hydrogen-bond donors (Lipinski definition) is 2. The molecule has 0 aliphatic carbocycles. The first-order chi connectivity index (χ1) is 7.59. The molecule has 0 aliphatic rings. The Morgan fingerprint density at radius 1 is 1.35 bits per heavy atom. The molecule has 4 nitrogen and oxygen atoms in total. The molecule has 0 aliphatic heterocycles. The van der Waals surface area contributed by atoms with Crippen LogP contribution in [0.1, 0.15) is 20.8 Å². The maximum Gasteiger partial charge on any atom is 0.233 e. The Hall–Kier alpha value is -0.940. The van der Waals surface area contributed by atoms with Gasteiger partial charge in [0.15, 0.2) is 0 Å². The minimum absolute atomic E-state index is 0.0198. The van der Waals surface area contributed by atoms with Crippen LogP contribution in [0.4, 0.5) is 11.4 Å². The number of rotatable bonds is 3. The summed E-state index contributed by atoms with van der Waals surface area (Å²) in [6.07, 6.45) is 0. The summed E-state index contributed by atoms with van der Waals surface area (Å²) >= 11 is 5.79. The van der Waals surface area contributed by atoms with Gasteiger partial charge < -0.3 is 5.73 Å². The van der Waals surface area contributed by atoms with Gasteiger partial charge in [-0.05, 0) is 23.6 Å². The number of nitrogens with two attached hydrogens (primary N) is 1. The fourth-order valence-electron chi connectivity index (χ4n) is 1.39. The number of hydrogen-bond acceptors (Lipinski definition) is 3. The molecule has 1 aromatic carbocycles. The van der Waals surface area contributed by atoms with Crippen LogP contribution in [0.15, 0.2) is 18.2 Å². The van der Waals surface area contributed by atoms with E-state index >= 15 is 0 Å². The van der Waals surface area contributed by atoms with Gasteiger partial charge in [0, 0.05) is 5.02 Å². The minimum Gasteiger partial charge on any atom is -0.397 e. The molecule has 0 atom stereocenters. The van der Waals surface area contributed by atoms with Crippen LogP contribution in [0.3, 0.4) is 0 Å². The molecule has 0 heterocycles. The molecular weight excluding hydrogens is 260 g/mol. The van der Waals surface area contributed by atoms with Gasteiger partial charge in [-0.1, -0.05) is 32.4 Å². The van der Waals surface area contributed by atoms with Crippen molar-refractivity contribution in [3.63, 3.8) is 0 Å². The van der Waals surface area contributed by atoms with E-state index in [-0.39, 0.29) is 11.2 Å². The highest BCUT2D eigenvalue weighted by Crippen LogP contribution is 2.25. The van der Waals surface area contributed by atoms with E-state index in [2.05, 4.69) is 4.72 Å². The summed E-state index contributed by atoms with van der Waals surface area (Å²) in [7, 11) is -3.42. The molecule has 0 saturated carbocycles. The molecule has 0 saturated heterocycles. The molecule has 0 fully saturated rings. The summed E-state index contributed by atoms with van der Waals surface area (Å²) in [5.41, 5.74) is 6.03. The van der Waals surface area contributed by atoms with Crippen LogP contribution in [-0.4, -0.2) is 14.2 Å². The molecule has 0 bridgehead atoms. The first-order valence-corrected chi connectivity index (χ1v) is 7.18. The van der Waals surface area contributed by atoms with Gasteiger partial charge in [0.05, 0.1) is 17.1 Å². The number of nitrogen functional groups attached to an aromatic ring is 1. The monoisotopic (exact) mass is 276 g/mol. The van der Waals surface area contributed by atoms with Gasteiger partial charge in [0.2, 0.25) is 10.0 Å². The van der Waals surface area contributed by atoms with Gasteiger partial charge >= 0.3 is 0 Å². The van der Waals surface area contributed by atoms with Crippen molar-refractivity contribution in [1.82, 2.24) is 0 Å². The smallest absolute Gasteiger partial charge is 0.233 e. The van der Waals surface area contributed by atoms with Gasteiger partial charge in [-0.15, -0.1) is 0 Å². The fraction of sp³-hybridized carbons (Fsp3) is 0.455. The second-order valence-corrected chi connectivity index (χ2v) is 7.31. The molecule has 0 radical (unpaired) electrons. The zero-order chi connectivity index (χ0) is 13.3. The van der Waals surface area contributed by atoms with Crippen LogP contribution in [-0.2, 0) is 10.0 Å². The summed E-state index contributed by atoms with van der Waals surface area (Å²) in [6.45, 7) is 5.56. The summed E-state index contributed by atoms with van der Waals surface area (Å²) in [5, 5.41) is 0.438. The Morgan fingerprint density at radius 3 is 2.47 bits per heavy atom. The average Bonchev–Trinajstić information content (AvgIpc) is 2.06. The first kappa shape index (κ1) is 14.1. The third kappa shape index (κ3) is 4.83. The molecule has 1 aromatic rings. The Bertz CT molecular complexity index is 507. The lowest BCUT2D eigenvalue weighted by Gasteiger charge is -2.19. The molecule has 0 unspecified atom stereocenters. The van der Waals surface area contributed by atoms with Crippen LogP contribution in [0.2, 0.25) is 5.02 Å². The van der Waals surface area contributed by atoms with Crippen molar-refractivity contribution in [2.45, 2.75) is 20.8 Å². The second kappa shape index (κ2) is 4.74. The Balaban J connectivity index is 2.94. The van der Waals surface area contributed by atoms with Crippen molar-refractivity contribution in [3.05, 3.63) is 23.2 Å². The molecule has 1 rings (SSSR count). The Morgan fingerprint density at radius 2 is 1.94 bits per heavy atom. The van der Waals surface area contributed by atoms with Gasteiger partial charge in [-0.3, -0.25) is 4.72 Å². The van der Waals surface area contributed by atoms with E-state index in [0.29, 0.717) is 16.4 Å². The Kier molecular flexibility index (Phi) is 3.94. The lowest BCUT2D eigenvalue weighted by Crippen LogP contribution is -2.26. The van der Waals surface area contributed by atoms with E-state index in [1.807, 2.05) is 20.8 Å². The largest absolute Gasteiger partial charge is 0.397 e. The van der Waals surface area contributed by atoms with Crippen molar-refractivity contribution in [2.24, 2.45) is 5.41 Å². The average molecular weight is 277 g/mol. The summed E-state index contributed by atoms with van der Waals surface area (Å²) in [6, 6.07) is 4.67. The number of halogens is 1. The SMILES string of the molecule is CC(C)(C)CS(=O)(=O)Nc1cc(Cl)ccc1N. The summed E-state index contributed by atoms with van der Waals surface area (Å²) < 4.78 is 26.2. The molecular formula is C11H17ClN2O2S. The topological polar surface area (TPSA) is 72.2 Å². The normalized spacial score (nSPS) is 12.5. The zero-order valence-corrected chi connectivity index (χ0v) is 11.7. The van der Waals surface area contributed by atoms with Crippen LogP contribution in [0, 0.1) is 5.41 Å².